The summed E-state index contributed by atoms with van der Waals surface area (Å²) in [5.74, 6) is 0.0325. The number of halogens is 1. The van der Waals surface area contributed by atoms with Gasteiger partial charge in [-0.3, -0.25) is 4.79 Å². The Morgan fingerprint density at radius 3 is 2.61 bits per heavy atom. The van der Waals surface area contributed by atoms with E-state index >= 15 is 0 Å². The molecule has 0 fully saturated rings. The fourth-order valence-corrected chi connectivity index (χ4v) is 2.92. The SMILES string of the molecule is Cc1ccc(NC(=O)CCNCCCc2ccccc2)c(Br)c1. The molecule has 3 nitrogen and oxygen atoms in total. The van der Waals surface area contributed by atoms with E-state index in [0.29, 0.717) is 13.0 Å². The van der Waals surface area contributed by atoms with Crippen LogP contribution >= 0.6 is 15.9 Å². The van der Waals surface area contributed by atoms with Crippen LogP contribution in [0.15, 0.2) is 53.0 Å². The van der Waals surface area contributed by atoms with Crippen LogP contribution in [-0.2, 0) is 11.2 Å². The summed E-state index contributed by atoms with van der Waals surface area (Å²) in [6, 6.07) is 16.4. The molecule has 0 aromatic heterocycles. The number of hydrogen-bond acceptors (Lipinski definition) is 2. The number of rotatable bonds is 8. The molecule has 0 aliphatic heterocycles. The summed E-state index contributed by atoms with van der Waals surface area (Å²) in [6.07, 6.45) is 2.62. The molecule has 122 valence electrons. The maximum Gasteiger partial charge on any atom is 0.225 e. The molecule has 0 bridgehead atoms. The van der Waals surface area contributed by atoms with Gasteiger partial charge in [0, 0.05) is 17.4 Å². The Balaban J connectivity index is 1.59. The van der Waals surface area contributed by atoms with Crippen molar-refractivity contribution in [2.45, 2.75) is 26.2 Å². The maximum atomic E-state index is 11.9. The van der Waals surface area contributed by atoms with Crippen LogP contribution in [0.25, 0.3) is 0 Å². The zero-order chi connectivity index (χ0) is 16.5. The molecular formula is C19H23BrN2O. The van der Waals surface area contributed by atoms with Gasteiger partial charge in [0.05, 0.1) is 5.69 Å². The molecule has 0 saturated carbocycles. The van der Waals surface area contributed by atoms with Gasteiger partial charge in [0.25, 0.3) is 0 Å². The van der Waals surface area contributed by atoms with Crippen LogP contribution in [0.5, 0.6) is 0 Å². The summed E-state index contributed by atoms with van der Waals surface area (Å²) in [5, 5.41) is 6.25. The first-order valence-electron chi connectivity index (χ1n) is 7.96. The van der Waals surface area contributed by atoms with Gasteiger partial charge in [-0.05, 0) is 65.5 Å². The molecule has 0 radical (unpaired) electrons. The van der Waals surface area contributed by atoms with Gasteiger partial charge in [0.15, 0.2) is 0 Å². The van der Waals surface area contributed by atoms with Crippen LogP contribution in [0.1, 0.15) is 24.0 Å². The standard InChI is InChI=1S/C19H23BrN2O/c1-15-9-10-18(17(20)14-15)22-19(23)11-13-21-12-5-8-16-6-3-2-4-7-16/h2-4,6-7,9-10,14,21H,5,8,11-13H2,1H3,(H,22,23). The Morgan fingerprint density at radius 1 is 1.09 bits per heavy atom. The number of carbonyl (C=O) groups is 1. The molecular weight excluding hydrogens is 352 g/mol. The minimum atomic E-state index is 0.0325. The van der Waals surface area contributed by atoms with Crippen molar-refractivity contribution >= 4 is 27.5 Å². The molecule has 2 aromatic rings. The third-order valence-electron chi connectivity index (χ3n) is 3.59. The van der Waals surface area contributed by atoms with Crippen LogP contribution < -0.4 is 10.6 Å². The van der Waals surface area contributed by atoms with Gasteiger partial charge in [-0.2, -0.15) is 0 Å². The van der Waals surface area contributed by atoms with E-state index in [1.165, 1.54) is 5.56 Å². The predicted molar refractivity (Wildman–Crippen MR) is 99.8 cm³/mol. The maximum absolute atomic E-state index is 11.9. The van der Waals surface area contributed by atoms with Crippen molar-refractivity contribution in [1.29, 1.82) is 0 Å². The third-order valence-corrected chi connectivity index (χ3v) is 4.25. The molecule has 0 unspecified atom stereocenters. The highest BCUT2D eigenvalue weighted by Gasteiger charge is 2.05. The molecule has 0 heterocycles. The van der Waals surface area contributed by atoms with Crippen LogP contribution in [0.3, 0.4) is 0 Å². The van der Waals surface area contributed by atoms with E-state index in [2.05, 4.69) is 50.8 Å². The summed E-state index contributed by atoms with van der Waals surface area (Å²) < 4.78 is 0.918. The molecule has 0 spiro atoms. The van der Waals surface area contributed by atoms with E-state index in [1.807, 2.05) is 31.2 Å². The Bertz CT molecular complexity index is 629. The Kier molecular flexibility index (Phi) is 7.30. The minimum absolute atomic E-state index is 0.0325. The highest BCUT2D eigenvalue weighted by molar-refractivity contribution is 9.10. The number of anilines is 1. The average molecular weight is 375 g/mol. The molecule has 1 amide bonds. The van der Waals surface area contributed by atoms with Crippen LogP contribution in [0.4, 0.5) is 5.69 Å². The topological polar surface area (TPSA) is 41.1 Å². The van der Waals surface area contributed by atoms with E-state index in [-0.39, 0.29) is 5.91 Å². The van der Waals surface area contributed by atoms with E-state index in [9.17, 15) is 4.79 Å². The minimum Gasteiger partial charge on any atom is -0.325 e. The first-order valence-corrected chi connectivity index (χ1v) is 8.75. The first-order chi connectivity index (χ1) is 11.1. The first kappa shape index (κ1) is 17.7. The number of amides is 1. The van der Waals surface area contributed by atoms with Crippen LogP contribution in [-0.4, -0.2) is 19.0 Å². The van der Waals surface area contributed by atoms with Crippen molar-refractivity contribution in [1.82, 2.24) is 5.32 Å². The Labute approximate surface area is 146 Å². The summed E-state index contributed by atoms with van der Waals surface area (Å²) in [7, 11) is 0. The highest BCUT2D eigenvalue weighted by Crippen LogP contribution is 2.23. The van der Waals surface area contributed by atoms with Crippen LogP contribution in [0.2, 0.25) is 0 Å². The summed E-state index contributed by atoms with van der Waals surface area (Å²) in [5.41, 5.74) is 3.34. The molecule has 0 atom stereocenters. The lowest BCUT2D eigenvalue weighted by Gasteiger charge is -2.09. The molecule has 2 aromatic carbocycles. The van der Waals surface area contributed by atoms with E-state index in [0.717, 1.165) is 35.1 Å². The number of hydrogen-bond donors (Lipinski definition) is 2. The molecule has 0 saturated heterocycles. The summed E-state index contributed by atoms with van der Waals surface area (Å²) in [6.45, 7) is 3.65. The lowest BCUT2D eigenvalue weighted by Crippen LogP contribution is -2.23. The van der Waals surface area contributed by atoms with E-state index < -0.39 is 0 Å². The summed E-state index contributed by atoms with van der Waals surface area (Å²) >= 11 is 3.47. The van der Waals surface area contributed by atoms with Crippen molar-refractivity contribution in [3.63, 3.8) is 0 Å². The van der Waals surface area contributed by atoms with Gasteiger partial charge < -0.3 is 10.6 Å². The third kappa shape index (κ3) is 6.55. The zero-order valence-corrected chi connectivity index (χ0v) is 15.0. The normalized spacial score (nSPS) is 10.5. The lowest BCUT2D eigenvalue weighted by molar-refractivity contribution is -0.116. The smallest absolute Gasteiger partial charge is 0.225 e. The number of aryl methyl sites for hydroxylation is 2. The second-order valence-corrected chi connectivity index (χ2v) is 6.47. The number of carbonyl (C=O) groups excluding carboxylic acids is 1. The van der Waals surface area contributed by atoms with Gasteiger partial charge in [0.1, 0.15) is 0 Å². The second kappa shape index (κ2) is 9.48. The van der Waals surface area contributed by atoms with E-state index in [1.54, 1.807) is 0 Å². The Hall–Kier alpha value is -1.65. The van der Waals surface area contributed by atoms with Crippen molar-refractivity contribution < 1.29 is 4.79 Å². The van der Waals surface area contributed by atoms with Crippen molar-refractivity contribution in [2.24, 2.45) is 0 Å². The fraction of sp³-hybridized carbons (Fsp3) is 0.316. The van der Waals surface area contributed by atoms with Crippen molar-refractivity contribution in [3.8, 4) is 0 Å². The lowest BCUT2D eigenvalue weighted by atomic mass is 10.1. The van der Waals surface area contributed by atoms with E-state index in [4.69, 9.17) is 0 Å². The van der Waals surface area contributed by atoms with Gasteiger partial charge in [0.2, 0.25) is 5.91 Å². The molecule has 4 heteroatoms. The number of benzene rings is 2. The molecule has 0 aliphatic rings. The largest absolute Gasteiger partial charge is 0.325 e. The second-order valence-electron chi connectivity index (χ2n) is 5.62. The molecule has 23 heavy (non-hydrogen) atoms. The molecule has 2 N–H and O–H groups in total. The van der Waals surface area contributed by atoms with Gasteiger partial charge in [-0.25, -0.2) is 0 Å². The fourth-order valence-electron chi connectivity index (χ4n) is 2.32. The molecule has 0 aliphatic carbocycles. The van der Waals surface area contributed by atoms with Crippen LogP contribution in [0, 0.1) is 6.92 Å². The molecule has 2 rings (SSSR count). The average Bonchev–Trinajstić information content (AvgIpc) is 2.54. The summed E-state index contributed by atoms with van der Waals surface area (Å²) in [4.78, 5) is 11.9. The van der Waals surface area contributed by atoms with Crippen molar-refractivity contribution in [2.75, 3.05) is 18.4 Å². The quantitative estimate of drug-likeness (QED) is 0.675. The van der Waals surface area contributed by atoms with Gasteiger partial charge in [-0.15, -0.1) is 0 Å². The van der Waals surface area contributed by atoms with Gasteiger partial charge in [-0.1, -0.05) is 36.4 Å². The number of nitrogens with one attached hydrogen (secondary N) is 2. The van der Waals surface area contributed by atoms with Crippen molar-refractivity contribution in [3.05, 3.63) is 64.1 Å². The predicted octanol–water partition coefficient (Wildman–Crippen LogP) is 4.31. The van der Waals surface area contributed by atoms with Gasteiger partial charge >= 0.3 is 0 Å². The zero-order valence-electron chi connectivity index (χ0n) is 13.4. The Morgan fingerprint density at radius 2 is 1.87 bits per heavy atom. The highest BCUT2D eigenvalue weighted by atomic mass is 79.9. The monoisotopic (exact) mass is 374 g/mol.